The van der Waals surface area contributed by atoms with Crippen LogP contribution in [0.5, 0.6) is 0 Å². The first kappa shape index (κ1) is 18.8. The standard InChI is InChI=1S/C15H23ClN2O3S/c1-6-17(7-2)15(19)12(4)18(22(5,20)21)14-10-13(16)9-8-11(14)3/h8-10,12H,6-7H2,1-5H3/t12-/m0/s1. The van der Waals surface area contributed by atoms with Gasteiger partial charge in [0.05, 0.1) is 11.9 Å². The molecule has 0 aliphatic heterocycles. The maximum Gasteiger partial charge on any atom is 0.246 e. The molecule has 0 aliphatic carbocycles. The van der Waals surface area contributed by atoms with Gasteiger partial charge in [0.1, 0.15) is 6.04 Å². The number of hydrogen-bond acceptors (Lipinski definition) is 3. The fraction of sp³-hybridized carbons (Fsp3) is 0.533. The molecule has 124 valence electrons. The predicted octanol–water partition coefficient (Wildman–Crippen LogP) is 2.67. The molecule has 0 saturated heterocycles. The van der Waals surface area contributed by atoms with Crippen molar-refractivity contribution in [2.75, 3.05) is 23.7 Å². The summed E-state index contributed by atoms with van der Waals surface area (Å²) < 4.78 is 25.7. The lowest BCUT2D eigenvalue weighted by molar-refractivity contribution is -0.131. The van der Waals surface area contributed by atoms with E-state index in [-0.39, 0.29) is 5.91 Å². The van der Waals surface area contributed by atoms with Crippen LogP contribution in [-0.4, -0.2) is 44.6 Å². The summed E-state index contributed by atoms with van der Waals surface area (Å²) in [7, 11) is -3.62. The molecule has 1 rings (SSSR count). The lowest BCUT2D eigenvalue weighted by atomic mass is 10.1. The molecule has 0 aromatic heterocycles. The third kappa shape index (κ3) is 4.14. The van der Waals surface area contributed by atoms with E-state index in [1.807, 2.05) is 13.8 Å². The molecular weight excluding hydrogens is 324 g/mol. The van der Waals surface area contributed by atoms with Crippen molar-refractivity contribution in [3.8, 4) is 0 Å². The normalized spacial score (nSPS) is 12.8. The first-order chi connectivity index (χ1) is 10.1. The SMILES string of the molecule is CCN(CC)C(=O)[C@H](C)N(c1cc(Cl)ccc1C)S(C)(=O)=O. The third-order valence-corrected chi connectivity index (χ3v) is 5.01. The van der Waals surface area contributed by atoms with Gasteiger partial charge in [-0.3, -0.25) is 9.10 Å². The Morgan fingerprint density at radius 2 is 1.82 bits per heavy atom. The summed E-state index contributed by atoms with van der Waals surface area (Å²) in [6.07, 6.45) is 1.10. The number of anilines is 1. The zero-order chi connectivity index (χ0) is 17.1. The van der Waals surface area contributed by atoms with E-state index in [0.29, 0.717) is 23.8 Å². The van der Waals surface area contributed by atoms with Crippen molar-refractivity contribution >= 4 is 33.2 Å². The summed E-state index contributed by atoms with van der Waals surface area (Å²) in [6, 6.07) is 4.18. The molecular formula is C15H23ClN2O3S. The number of nitrogens with zero attached hydrogens (tertiary/aromatic N) is 2. The van der Waals surface area contributed by atoms with Crippen molar-refractivity contribution < 1.29 is 13.2 Å². The number of benzene rings is 1. The fourth-order valence-electron chi connectivity index (χ4n) is 2.39. The van der Waals surface area contributed by atoms with E-state index < -0.39 is 16.1 Å². The van der Waals surface area contributed by atoms with Crippen molar-refractivity contribution in [1.29, 1.82) is 0 Å². The summed E-state index contributed by atoms with van der Waals surface area (Å²) in [5, 5.41) is 0.428. The number of carbonyl (C=O) groups excluding carboxylic acids is 1. The molecule has 0 fully saturated rings. The van der Waals surface area contributed by atoms with Crippen LogP contribution in [0.2, 0.25) is 5.02 Å². The smallest absolute Gasteiger partial charge is 0.246 e. The molecule has 0 spiro atoms. The second-order valence-corrected chi connectivity index (χ2v) is 7.47. The highest BCUT2D eigenvalue weighted by Crippen LogP contribution is 2.28. The van der Waals surface area contributed by atoms with Crippen LogP contribution in [0.1, 0.15) is 26.3 Å². The molecule has 5 nitrogen and oxygen atoms in total. The number of hydrogen-bond donors (Lipinski definition) is 0. The van der Waals surface area contributed by atoms with Gasteiger partial charge in [-0.05, 0) is 45.4 Å². The molecule has 0 N–H and O–H groups in total. The minimum atomic E-state index is -3.62. The molecule has 0 heterocycles. The zero-order valence-corrected chi connectivity index (χ0v) is 15.2. The van der Waals surface area contributed by atoms with E-state index in [1.54, 1.807) is 36.9 Å². The Morgan fingerprint density at radius 3 is 2.27 bits per heavy atom. The monoisotopic (exact) mass is 346 g/mol. The number of rotatable bonds is 6. The highest BCUT2D eigenvalue weighted by atomic mass is 35.5. The van der Waals surface area contributed by atoms with Crippen molar-refractivity contribution in [2.45, 2.75) is 33.7 Å². The van der Waals surface area contributed by atoms with E-state index in [4.69, 9.17) is 11.6 Å². The summed E-state index contributed by atoms with van der Waals surface area (Å²) >= 11 is 6.00. The van der Waals surface area contributed by atoms with Gasteiger partial charge < -0.3 is 4.90 Å². The van der Waals surface area contributed by atoms with Gasteiger partial charge in [0.15, 0.2) is 0 Å². The highest BCUT2D eigenvalue weighted by molar-refractivity contribution is 7.92. The second kappa shape index (κ2) is 7.33. The Kier molecular flexibility index (Phi) is 6.26. The number of halogens is 1. The van der Waals surface area contributed by atoms with Gasteiger partial charge in [0.2, 0.25) is 15.9 Å². The van der Waals surface area contributed by atoms with Crippen LogP contribution in [0, 0.1) is 6.92 Å². The minimum Gasteiger partial charge on any atom is -0.341 e. The van der Waals surface area contributed by atoms with Gasteiger partial charge in [0.25, 0.3) is 0 Å². The molecule has 0 saturated carbocycles. The van der Waals surface area contributed by atoms with Crippen molar-refractivity contribution in [3.05, 3.63) is 28.8 Å². The molecule has 1 amide bonds. The van der Waals surface area contributed by atoms with E-state index in [0.717, 1.165) is 16.1 Å². The highest BCUT2D eigenvalue weighted by Gasteiger charge is 2.32. The maximum absolute atomic E-state index is 12.5. The molecule has 22 heavy (non-hydrogen) atoms. The zero-order valence-electron chi connectivity index (χ0n) is 13.6. The number of likely N-dealkylation sites (N-methyl/N-ethyl adjacent to an activating group) is 1. The van der Waals surface area contributed by atoms with Crippen LogP contribution >= 0.6 is 11.6 Å². The van der Waals surface area contributed by atoms with Crippen LogP contribution in [0.25, 0.3) is 0 Å². The van der Waals surface area contributed by atoms with Gasteiger partial charge in [0, 0.05) is 18.1 Å². The minimum absolute atomic E-state index is 0.227. The summed E-state index contributed by atoms with van der Waals surface area (Å²) in [4.78, 5) is 14.2. The topological polar surface area (TPSA) is 57.7 Å². The number of sulfonamides is 1. The average Bonchev–Trinajstić information content (AvgIpc) is 2.42. The molecule has 0 unspecified atom stereocenters. The summed E-state index contributed by atoms with van der Waals surface area (Å²) in [5.41, 5.74) is 1.18. The fourth-order valence-corrected chi connectivity index (χ4v) is 3.78. The molecule has 0 radical (unpaired) electrons. The van der Waals surface area contributed by atoms with Crippen molar-refractivity contribution in [1.82, 2.24) is 4.90 Å². The lowest BCUT2D eigenvalue weighted by Gasteiger charge is -2.32. The van der Waals surface area contributed by atoms with Gasteiger partial charge in [-0.25, -0.2) is 8.42 Å². The van der Waals surface area contributed by atoms with Crippen LogP contribution in [-0.2, 0) is 14.8 Å². The quantitative estimate of drug-likeness (QED) is 0.795. The Morgan fingerprint density at radius 1 is 1.27 bits per heavy atom. The van der Waals surface area contributed by atoms with Crippen molar-refractivity contribution in [2.24, 2.45) is 0 Å². The van der Waals surface area contributed by atoms with E-state index in [2.05, 4.69) is 0 Å². The Labute approximate surface area is 137 Å². The Hall–Kier alpha value is -1.27. The Balaban J connectivity index is 3.37. The van der Waals surface area contributed by atoms with Crippen LogP contribution < -0.4 is 4.31 Å². The Bertz CT molecular complexity index is 642. The molecule has 1 atom stereocenters. The van der Waals surface area contributed by atoms with Gasteiger partial charge in [-0.2, -0.15) is 0 Å². The van der Waals surface area contributed by atoms with Gasteiger partial charge >= 0.3 is 0 Å². The molecule has 1 aromatic rings. The number of aryl methyl sites for hydroxylation is 1. The van der Waals surface area contributed by atoms with Crippen LogP contribution in [0.15, 0.2) is 18.2 Å². The first-order valence-electron chi connectivity index (χ1n) is 7.17. The second-order valence-electron chi connectivity index (χ2n) is 5.18. The van der Waals surface area contributed by atoms with E-state index >= 15 is 0 Å². The van der Waals surface area contributed by atoms with Crippen LogP contribution in [0.3, 0.4) is 0 Å². The molecule has 1 aromatic carbocycles. The average molecular weight is 347 g/mol. The summed E-state index contributed by atoms with van der Waals surface area (Å²) in [6.45, 7) is 8.19. The van der Waals surface area contributed by atoms with E-state index in [1.165, 1.54) is 0 Å². The number of amides is 1. The summed E-state index contributed by atoms with van der Waals surface area (Å²) in [5.74, 6) is -0.227. The number of carbonyl (C=O) groups is 1. The molecule has 7 heteroatoms. The van der Waals surface area contributed by atoms with Gasteiger partial charge in [-0.15, -0.1) is 0 Å². The molecule has 0 aliphatic rings. The largest absolute Gasteiger partial charge is 0.341 e. The predicted molar refractivity (Wildman–Crippen MR) is 90.9 cm³/mol. The third-order valence-electron chi connectivity index (χ3n) is 3.55. The molecule has 0 bridgehead atoms. The maximum atomic E-state index is 12.5. The van der Waals surface area contributed by atoms with Gasteiger partial charge in [-0.1, -0.05) is 17.7 Å². The first-order valence-corrected chi connectivity index (χ1v) is 9.40. The van der Waals surface area contributed by atoms with Crippen LogP contribution in [0.4, 0.5) is 5.69 Å². The van der Waals surface area contributed by atoms with Crippen molar-refractivity contribution in [3.63, 3.8) is 0 Å². The lowest BCUT2D eigenvalue weighted by Crippen LogP contribution is -2.49. The van der Waals surface area contributed by atoms with E-state index in [9.17, 15) is 13.2 Å².